The van der Waals surface area contributed by atoms with Crippen LogP contribution < -0.4 is 20.9 Å². The predicted molar refractivity (Wildman–Crippen MR) is 114 cm³/mol. The van der Waals surface area contributed by atoms with Crippen molar-refractivity contribution in [3.05, 3.63) is 72.0 Å². The van der Waals surface area contributed by atoms with Gasteiger partial charge in [0.1, 0.15) is 5.82 Å². The Morgan fingerprint density at radius 2 is 2.17 bits per heavy atom. The Morgan fingerprint density at radius 1 is 1.28 bits per heavy atom. The molecule has 1 aromatic heterocycles. The highest BCUT2D eigenvalue weighted by molar-refractivity contribution is 6.04. The number of fused-ring (bicyclic) bond motifs is 1. The molecule has 3 N–H and O–H groups in total. The van der Waals surface area contributed by atoms with Gasteiger partial charge in [-0.15, -0.1) is 0 Å². The van der Waals surface area contributed by atoms with E-state index in [1.54, 1.807) is 36.5 Å². The molecule has 1 unspecified atom stereocenters. The normalized spacial score (nSPS) is 17.8. The fourth-order valence-corrected chi connectivity index (χ4v) is 3.53. The number of nitrogens with one attached hydrogen (secondary N) is 3. The molecule has 1 atom stereocenters. The largest absolute Gasteiger partial charge is 0.347 e. The molecular weight excluding hydrogens is 366 g/mol. The van der Waals surface area contributed by atoms with Gasteiger partial charge >= 0.3 is 6.03 Å². The number of rotatable bonds is 4. The fraction of sp³-hybridized carbons (Fsp3) is 0.227. The number of urea groups is 1. The number of amides is 3. The maximum absolute atomic E-state index is 12.4. The molecule has 0 radical (unpaired) electrons. The first-order valence-corrected chi connectivity index (χ1v) is 9.65. The van der Waals surface area contributed by atoms with Crippen LogP contribution in [0, 0.1) is 0 Å². The minimum atomic E-state index is -0.386. The number of nitrogens with zero attached hydrogens (tertiary/aromatic N) is 2. The molecule has 7 heteroatoms. The zero-order valence-electron chi connectivity index (χ0n) is 16.2. The van der Waals surface area contributed by atoms with Crippen molar-refractivity contribution in [2.75, 3.05) is 22.1 Å². The molecule has 0 saturated heterocycles. The summed E-state index contributed by atoms with van der Waals surface area (Å²) in [6.45, 7) is 2.69. The van der Waals surface area contributed by atoms with Crippen molar-refractivity contribution in [3.8, 4) is 0 Å². The molecule has 7 nitrogen and oxygen atoms in total. The van der Waals surface area contributed by atoms with Crippen LogP contribution in [0.4, 0.5) is 22.0 Å². The number of allylic oxidation sites excluding steroid dienone is 3. The van der Waals surface area contributed by atoms with Crippen LogP contribution in [0.1, 0.15) is 30.1 Å². The maximum atomic E-state index is 12.4. The molecule has 1 aromatic carbocycles. The Morgan fingerprint density at radius 3 is 2.93 bits per heavy atom. The number of benzene rings is 1. The van der Waals surface area contributed by atoms with E-state index in [2.05, 4.69) is 44.1 Å². The summed E-state index contributed by atoms with van der Waals surface area (Å²) in [6.07, 6.45) is 9.87. The van der Waals surface area contributed by atoms with E-state index in [1.807, 2.05) is 13.0 Å². The lowest BCUT2D eigenvalue weighted by Crippen LogP contribution is -2.51. The third-order valence-electron chi connectivity index (χ3n) is 5.00. The Labute approximate surface area is 169 Å². The summed E-state index contributed by atoms with van der Waals surface area (Å²) in [5, 5.41) is 8.52. The first-order valence-electron chi connectivity index (χ1n) is 9.65. The van der Waals surface area contributed by atoms with Crippen LogP contribution in [0.25, 0.3) is 0 Å². The number of pyridine rings is 1. The number of carbonyl (C=O) groups is 2. The fourth-order valence-electron chi connectivity index (χ4n) is 3.53. The number of carbonyl (C=O) groups excluding carboxylic acids is 2. The molecule has 0 bridgehead atoms. The highest BCUT2D eigenvalue weighted by Gasteiger charge is 2.28. The number of hydrogen-bond acceptors (Lipinski definition) is 4. The zero-order valence-corrected chi connectivity index (χ0v) is 16.2. The summed E-state index contributed by atoms with van der Waals surface area (Å²) in [4.78, 5) is 31.0. The van der Waals surface area contributed by atoms with E-state index in [1.165, 1.54) is 5.57 Å². The Bertz CT molecular complexity index is 984. The number of aromatic nitrogens is 1. The first kappa shape index (κ1) is 18.7. The smallest absolute Gasteiger partial charge is 0.324 e. The summed E-state index contributed by atoms with van der Waals surface area (Å²) in [5.74, 6) is 0.362. The van der Waals surface area contributed by atoms with Crippen molar-refractivity contribution < 1.29 is 9.59 Å². The molecule has 4 rings (SSSR count). The molecule has 2 aliphatic rings. The van der Waals surface area contributed by atoms with Gasteiger partial charge < -0.3 is 15.5 Å². The van der Waals surface area contributed by atoms with Crippen molar-refractivity contribution in [2.24, 2.45) is 0 Å². The number of anilines is 3. The van der Waals surface area contributed by atoms with E-state index in [0.717, 1.165) is 25.1 Å². The van der Waals surface area contributed by atoms with Gasteiger partial charge in [0.2, 0.25) is 0 Å². The minimum Gasteiger partial charge on any atom is -0.347 e. The van der Waals surface area contributed by atoms with E-state index in [9.17, 15) is 9.59 Å². The molecule has 0 fully saturated rings. The molecule has 0 saturated carbocycles. The van der Waals surface area contributed by atoms with Gasteiger partial charge in [-0.05, 0) is 50.1 Å². The quantitative estimate of drug-likeness (QED) is 0.740. The van der Waals surface area contributed by atoms with E-state index in [0.29, 0.717) is 17.1 Å². The van der Waals surface area contributed by atoms with Gasteiger partial charge in [-0.1, -0.05) is 29.9 Å². The van der Waals surface area contributed by atoms with Crippen LogP contribution in [0.5, 0.6) is 0 Å². The molecule has 29 heavy (non-hydrogen) atoms. The minimum absolute atomic E-state index is 0.106. The van der Waals surface area contributed by atoms with Gasteiger partial charge in [-0.2, -0.15) is 0 Å². The first-order chi connectivity index (χ1) is 14.1. The van der Waals surface area contributed by atoms with Crippen LogP contribution in [0.15, 0.2) is 66.4 Å². The second-order valence-corrected chi connectivity index (χ2v) is 7.10. The lowest BCUT2D eigenvalue weighted by Gasteiger charge is -2.38. The van der Waals surface area contributed by atoms with E-state index < -0.39 is 0 Å². The molecule has 148 valence electrons. The summed E-state index contributed by atoms with van der Waals surface area (Å²) in [7, 11) is 0. The van der Waals surface area contributed by atoms with E-state index in [4.69, 9.17) is 0 Å². The molecular formula is C22H23N5O2. The van der Waals surface area contributed by atoms with Crippen LogP contribution in [0.3, 0.4) is 0 Å². The maximum Gasteiger partial charge on any atom is 0.324 e. The summed E-state index contributed by atoms with van der Waals surface area (Å²) in [6, 6.07) is 10.2. The van der Waals surface area contributed by atoms with Gasteiger partial charge in [0.15, 0.2) is 0 Å². The summed E-state index contributed by atoms with van der Waals surface area (Å²) in [5.41, 5.74) is 3.34. The third-order valence-corrected chi connectivity index (χ3v) is 5.00. The molecule has 3 amide bonds. The second kappa shape index (κ2) is 8.18. The lowest BCUT2D eigenvalue weighted by molar-refractivity contribution is 0.0931. The van der Waals surface area contributed by atoms with E-state index in [-0.39, 0.29) is 18.1 Å². The van der Waals surface area contributed by atoms with E-state index >= 15 is 0 Å². The van der Waals surface area contributed by atoms with Gasteiger partial charge in [-0.3, -0.25) is 10.1 Å². The average Bonchev–Trinajstić information content (AvgIpc) is 2.72. The average molecular weight is 389 g/mol. The topological polar surface area (TPSA) is 86.4 Å². The molecule has 2 heterocycles. The van der Waals surface area contributed by atoms with Crippen LogP contribution >= 0.6 is 0 Å². The summed E-state index contributed by atoms with van der Waals surface area (Å²) < 4.78 is 0. The van der Waals surface area contributed by atoms with Crippen LogP contribution in [0.2, 0.25) is 0 Å². The molecule has 0 spiro atoms. The lowest BCUT2D eigenvalue weighted by atomic mass is 10.0. The highest BCUT2D eigenvalue weighted by Crippen LogP contribution is 2.31. The van der Waals surface area contributed by atoms with Gasteiger partial charge in [0.25, 0.3) is 5.91 Å². The molecule has 2 aromatic rings. The molecule has 1 aliphatic heterocycles. The Hall–Kier alpha value is -3.61. The molecule has 1 aliphatic carbocycles. The summed E-state index contributed by atoms with van der Waals surface area (Å²) >= 11 is 0. The van der Waals surface area contributed by atoms with Gasteiger partial charge in [-0.25, -0.2) is 9.78 Å². The second-order valence-electron chi connectivity index (χ2n) is 7.10. The van der Waals surface area contributed by atoms with Gasteiger partial charge in [0.05, 0.1) is 17.4 Å². The van der Waals surface area contributed by atoms with Crippen molar-refractivity contribution >= 4 is 29.1 Å². The van der Waals surface area contributed by atoms with Crippen molar-refractivity contribution in [1.82, 2.24) is 10.3 Å². The monoisotopic (exact) mass is 389 g/mol. The van der Waals surface area contributed by atoms with Crippen LogP contribution in [-0.2, 0) is 0 Å². The van der Waals surface area contributed by atoms with Crippen molar-refractivity contribution in [1.29, 1.82) is 0 Å². The SMILES string of the molecule is CC1NC(=O)c2ccc(NC(=O)Nc3ccccn3)cc2N1CC1=CC=CCC1. The number of hydrogen-bond donors (Lipinski definition) is 3. The predicted octanol–water partition coefficient (Wildman–Crippen LogP) is 3.90. The zero-order chi connectivity index (χ0) is 20.2. The van der Waals surface area contributed by atoms with Crippen molar-refractivity contribution in [2.45, 2.75) is 25.9 Å². The Kier molecular flexibility index (Phi) is 5.29. The third kappa shape index (κ3) is 4.29. The van der Waals surface area contributed by atoms with Crippen LogP contribution in [-0.4, -0.2) is 29.6 Å². The highest BCUT2D eigenvalue weighted by atomic mass is 16.2. The van der Waals surface area contributed by atoms with Gasteiger partial charge in [0, 0.05) is 18.4 Å². The van der Waals surface area contributed by atoms with Crippen molar-refractivity contribution in [3.63, 3.8) is 0 Å². The Balaban J connectivity index is 1.55. The standard InChI is InChI=1S/C22H23N5O2/c1-15-24-21(28)18-11-10-17(25-22(29)26-20-9-5-6-12-23-20)13-19(18)27(15)14-16-7-3-2-4-8-16/h2-3,5-7,9-13,15H,4,8,14H2,1H3,(H,24,28)(H2,23,25,26,29).